The van der Waals surface area contributed by atoms with Crippen molar-refractivity contribution < 1.29 is 4.79 Å². The van der Waals surface area contributed by atoms with Gasteiger partial charge in [-0.1, -0.05) is 0 Å². The monoisotopic (exact) mass is 283 g/mol. The number of halogens is 1. The summed E-state index contributed by atoms with van der Waals surface area (Å²) in [4.78, 5) is 11.5. The summed E-state index contributed by atoms with van der Waals surface area (Å²) in [5.74, 6) is -0.124. The van der Waals surface area contributed by atoms with E-state index in [1.165, 1.54) is 6.92 Å². The molecule has 0 amide bonds. The number of hydrogen-bond acceptors (Lipinski definition) is 3. The van der Waals surface area contributed by atoms with Crippen LogP contribution in [-0.2, 0) is 18.3 Å². The van der Waals surface area contributed by atoms with Crippen molar-refractivity contribution in [1.29, 1.82) is 5.26 Å². The zero-order chi connectivity index (χ0) is 12.5. The highest BCUT2D eigenvalue weighted by molar-refractivity contribution is 9.10. The number of Topliss-reactive ketones (excluding diaryl/α,β-unsaturated/α-hetero) is 1. The first-order valence-electron chi connectivity index (χ1n) is 4.92. The first-order valence-corrected chi connectivity index (χ1v) is 5.71. The molecule has 0 N–H and O–H groups in total. The van der Waals surface area contributed by atoms with Gasteiger partial charge in [-0.15, -0.1) is 0 Å². The van der Waals surface area contributed by atoms with Gasteiger partial charge in [0.05, 0.1) is 21.9 Å². The molecule has 86 valence electrons. The third-order valence-corrected chi connectivity index (χ3v) is 3.84. The number of ketones is 1. The lowest BCUT2D eigenvalue weighted by atomic mass is 9.83. The minimum Gasteiger partial charge on any atom is -0.298 e. The van der Waals surface area contributed by atoms with Gasteiger partial charge in [0, 0.05) is 13.5 Å². The van der Waals surface area contributed by atoms with Gasteiger partial charge in [-0.3, -0.25) is 9.48 Å². The van der Waals surface area contributed by atoms with Crippen LogP contribution < -0.4 is 0 Å². The van der Waals surface area contributed by atoms with E-state index in [9.17, 15) is 4.79 Å². The first-order chi connectivity index (χ1) is 7.31. The highest BCUT2D eigenvalue weighted by atomic mass is 79.9. The first kappa shape index (κ1) is 12.9. The lowest BCUT2D eigenvalue weighted by Crippen LogP contribution is -2.27. The molecule has 0 fully saturated rings. The Balaban J connectivity index is 3.14. The molecule has 16 heavy (non-hydrogen) atoms. The maximum absolute atomic E-state index is 11.5. The lowest BCUT2D eigenvalue weighted by molar-refractivity contribution is -0.123. The largest absolute Gasteiger partial charge is 0.298 e. The van der Waals surface area contributed by atoms with Crippen LogP contribution in [0.15, 0.2) is 4.47 Å². The van der Waals surface area contributed by atoms with Gasteiger partial charge in [-0.05, 0) is 36.7 Å². The second-order valence-corrected chi connectivity index (χ2v) is 4.94. The average molecular weight is 284 g/mol. The van der Waals surface area contributed by atoms with E-state index in [2.05, 4.69) is 27.1 Å². The molecule has 5 heteroatoms. The fourth-order valence-corrected chi connectivity index (χ4v) is 1.93. The molecule has 0 aliphatic rings. The molecule has 0 aliphatic heterocycles. The Morgan fingerprint density at radius 2 is 2.25 bits per heavy atom. The quantitative estimate of drug-likeness (QED) is 0.854. The Kier molecular flexibility index (Phi) is 3.54. The molecule has 0 spiro atoms. The molecule has 0 aliphatic carbocycles. The summed E-state index contributed by atoms with van der Waals surface area (Å²) in [5, 5.41) is 13.3. The van der Waals surface area contributed by atoms with Crippen molar-refractivity contribution in [3.05, 3.63) is 15.9 Å². The number of nitriles is 1. The Labute approximate surface area is 103 Å². The van der Waals surface area contributed by atoms with E-state index >= 15 is 0 Å². The van der Waals surface area contributed by atoms with Gasteiger partial charge in [-0.25, -0.2) is 0 Å². The van der Waals surface area contributed by atoms with Crippen LogP contribution in [0.3, 0.4) is 0 Å². The molecule has 1 heterocycles. The molecule has 4 nitrogen and oxygen atoms in total. The number of carbonyl (C=O) groups excluding carboxylic acids is 1. The van der Waals surface area contributed by atoms with Crippen molar-refractivity contribution in [2.24, 2.45) is 12.5 Å². The van der Waals surface area contributed by atoms with Crippen LogP contribution in [-0.4, -0.2) is 15.6 Å². The number of aromatic nitrogens is 2. The number of nitrogens with zero attached hydrogens (tertiary/aromatic N) is 3. The van der Waals surface area contributed by atoms with Gasteiger partial charge >= 0.3 is 0 Å². The number of aryl methyl sites for hydroxylation is 2. The molecule has 0 aromatic carbocycles. The van der Waals surface area contributed by atoms with Crippen LogP contribution in [0.5, 0.6) is 0 Å². The molecule has 1 unspecified atom stereocenters. The van der Waals surface area contributed by atoms with E-state index in [-0.39, 0.29) is 5.78 Å². The number of rotatable bonds is 3. The van der Waals surface area contributed by atoms with Crippen molar-refractivity contribution >= 4 is 21.7 Å². The van der Waals surface area contributed by atoms with E-state index < -0.39 is 5.41 Å². The smallest absolute Gasteiger partial charge is 0.150 e. The van der Waals surface area contributed by atoms with E-state index in [1.807, 2.05) is 14.0 Å². The normalized spacial score (nSPS) is 14.2. The zero-order valence-corrected chi connectivity index (χ0v) is 11.4. The van der Waals surface area contributed by atoms with Crippen LogP contribution in [0.2, 0.25) is 0 Å². The van der Waals surface area contributed by atoms with Gasteiger partial charge in [-0.2, -0.15) is 10.4 Å². The standard InChI is InChI=1S/C11H14BrN3O/c1-7-10(12)9(15(4)14-7)5-11(3,6-13)8(2)16/h5H2,1-4H3. The molecule has 0 radical (unpaired) electrons. The SMILES string of the molecule is CC(=O)C(C)(C#N)Cc1c(Br)c(C)nn1C. The predicted octanol–water partition coefficient (Wildman–Crippen LogP) is 2.15. The molecule has 1 rings (SSSR count). The third kappa shape index (κ3) is 2.17. The van der Waals surface area contributed by atoms with Crippen LogP contribution >= 0.6 is 15.9 Å². The molecular formula is C11H14BrN3O. The summed E-state index contributed by atoms with van der Waals surface area (Å²) in [6.45, 7) is 4.98. The minimum atomic E-state index is -0.983. The summed E-state index contributed by atoms with van der Waals surface area (Å²) in [5.41, 5.74) is 0.751. The van der Waals surface area contributed by atoms with Gasteiger partial charge < -0.3 is 0 Å². The van der Waals surface area contributed by atoms with Crippen LogP contribution in [0.1, 0.15) is 25.2 Å². The lowest BCUT2D eigenvalue weighted by Gasteiger charge is -2.18. The fourth-order valence-electron chi connectivity index (χ4n) is 1.45. The van der Waals surface area contributed by atoms with Gasteiger partial charge in [0.25, 0.3) is 0 Å². The summed E-state index contributed by atoms with van der Waals surface area (Å²) in [6, 6.07) is 2.08. The van der Waals surface area contributed by atoms with E-state index in [0.717, 1.165) is 15.9 Å². The van der Waals surface area contributed by atoms with Gasteiger partial charge in [0.2, 0.25) is 0 Å². The maximum Gasteiger partial charge on any atom is 0.150 e. The molecule has 0 saturated heterocycles. The van der Waals surface area contributed by atoms with Crippen LogP contribution in [0.4, 0.5) is 0 Å². The average Bonchev–Trinajstić information content (AvgIpc) is 2.44. The fraction of sp³-hybridized carbons (Fsp3) is 0.545. The summed E-state index contributed by atoms with van der Waals surface area (Å²) >= 11 is 3.43. The van der Waals surface area contributed by atoms with Crippen molar-refractivity contribution in [3.8, 4) is 6.07 Å². The predicted molar refractivity (Wildman–Crippen MR) is 63.8 cm³/mol. The molecule has 1 aromatic rings. The number of hydrogen-bond donors (Lipinski definition) is 0. The van der Waals surface area contributed by atoms with Gasteiger partial charge in [0.15, 0.2) is 0 Å². The van der Waals surface area contributed by atoms with E-state index in [4.69, 9.17) is 5.26 Å². The summed E-state index contributed by atoms with van der Waals surface area (Å²) in [6.07, 6.45) is 0.372. The van der Waals surface area contributed by atoms with Crippen LogP contribution in [0, 0.1) is 23.7 Å². The van der Waals surface area contributed by atoms with Crippen molar-refractivity contribution in [2.75, 3.05) is 0 Å². The van der Waals surface area contributed by atoms with Crippen molar-refractivity contribution in [3.63, 3.8) is 0 Å². The van der Waals surface area contributed by atoms with Crippen LogP contribution in [0.25, 0.3) is 0 Å². The maximum atomic E-state index is 11.5. The third-order valence-electron chi connectivity index (χ3n) is 2.81. The second kappa shape index (κ2) is 4.38. The second-order valence-electron chi connectivity index (χ2n) is 4.15. The Hall–Kier alpha value is -1.15. The molecule has 1 aromatic heterocycles. The zero-order valence-electron chi connectivity index (χ0n) is 9.83. The summed E-state index contributed by atoms with van der Waals surface area (Å²) in [7, 11) is 1.81. The highest BCUT2D eigenvalue weighted by Crippen LogP contribution is 2.28. The topological polar surface area (TPSA) is 58.7 Å². The molecule has 0 bridgehead atoms. The Morgan fingerprint density at radius 1 is 1.69 bits per heavy atom. The Morgan fingerprint density at radius 3 is 2.56 bits per heavy atom. The van der Waals surface area contributed by atoms with Gasteiger partial charge in [0.1, 0.15) is 11.2 Å². The summed E-state index contributed by atoms with van der Waals surface area (Å²) < 4.78 is 2.58. The van der Waals surface area contributed by atoms with E-state index in [1.54, 1.807) is 11.6 Å². The van der Waals surface area contributed by atoms with Crippen molar-refractivity contribution in [2.45, 2.75) is 27.2 Å². The molecule has 0 saturated carbocycles. The van der Waals surface area contributed by atoms with E-state index in [0.29, 0.717) is 6.42 Å². The Bertz CT molecular complexity index is 472. The molecular weight excluding hydrogens is 270 g/mol. The molecule has 1 atom stereocenters. The number of carbonyl (C=O) groups is 1. The minimum absolute atomic E-state index is 0.124. The highest BCUT2D eigenvalue weighted by Gasteiger charge is 2.32. The van der Waals surface area contributed by atoms with Crippen molar-refractivity contribution in [1.82, 2.24) is 9.78 Å².